The standard InChI is InChI=1S/C12H17N3O2/c1-15-8-10(13-14-15)4-2-3-9-5-6-11(16)7-12(9)17/h8-9H,2-7H2,1H3. The number of nitrogens with zero attached hydrogens (tertiary/aromatic N) is 3. The van der Waals surface area contributed by atoms with Crippen LogP contribution in [0.15, 0.2) is 6.20 Å². The zero-order chi connectivity index (χ0) is 12.3. The molecule has 1 aromatic rings. The summed E-state index contributed by atoms with van der Waals surface area (Å²) in [5.74, 6) is 0.310. The minimum atomic E-state index is 0.0874. The van der Waals surface area contributed by atoms with Gasteiger partial charge in [0, 0.05) is 25.6 Å². The first-order valence-electron chi connectivity index (χ1n) is 6.05. The molecule has 0 radical (unpaired) electrons. The molecule has 1 fully saturated rings. The van der Waals surface area contributed by atoms with E-state index >= 15 is 0 Å². The maximum absolute atomic E-state index is 11.6. The highest BCUT2D eigenvalue weighted by molar-refractivity contribution is 6.02. The van der Waals surface area contributed by atoms with Crippen LogP contribution in [0.5, 0.6) is 0 Å². The van der Waals surface area contributed by atoms with Gasteiger partial charge in [0.25, 0.3) is 0 Å². The van der Waals surface area contributed by atoms with E-state index in [2.05, 4.69) is 10.3 Å². The summed E-state index contributed by atoms with van der Waals surface area (Å²) in [5, 5.41) is 7.87. The van der Waals surface area contributed by atoms with Gasteiger partial charge in [-0.1, -0.05) is 5.21 Å². The van der Waals surface area contributed by atoms with Gasteiger partial charge in [-0.3, -0.25) is 14.3 Å². The third kappa shape index (κ3) is 3.22. The largest absolute Gasteiger partial charge is 0.299 e. The molecule has 1 unspecified atom stereocenters. The highest BCUT2D eigenvalue weighted by Gasteiger charge is 2.26. The molecule has 1 aromatic heterocycles. The Hall–Kier alpha value is -1.52. The number of hydrogen-bond acceptors (Lipinski definition) is 4. The van der Waals surface area contributed by atoms with Crippen LogP contribution in [-0.2, 0) is 23.1 Å². The third-order valence-electron chi connectivity index (χ3n) is 3.23. The molecule has 1 atom stereocenters. The van der Waals surface area contributed by atoms with Crippen LogP contribution < -0.4 is 0 Å². The fourth-order valence-electron chi connectivity index (χ4n) is 2.27. The van der Waals surface area contributed by atoms with E-state index in [1.54, 1.807) is 4.68 Å². The molecule has 1 saturated carbocycles. The highest BCUT2D eigenvalue weighted by atomic mass is 16.1. The van der Waals surface area contributed by atoms with Gasteiger partial charge in [-0.05, 0) is 25.7 Å². The van der Waals surface area contributed by atoms with Crippen LogP contribution in [0.4, 0.5) is 0 Å². The minimum absolute atomic E-state index is 0.0874. The van der Waals surface area contributed by atoms with Crippen molar-refractivity contribution < 1.29 is 9.59 Å². The van der Waals surface area contributed by atoms with Crippen LogP contribution >= 0.6 is 0 Å². The number of aromatic nitrogens is 3. The average molecular weight is 235 g/mol. The first-order valence-corrected chi connectivity index (χ1v) is 6.05. The molecule has 92 valence electrons. The fraction of sp³-hybridized carbons (Fsp3) is 0.667. The number of aryl methyl sites for hydroxylation is 2. The Morgan fingerprint density at radius 2 is 2.29 bits per heavy atom. The van der Waals surface area contributed by atoms with E-state index in [0.29, 0.717) is 6.42 Å². The predicted molar refractivity (Wildman–Crippen MR) is 61.3 cm³/mol. The first-order chi connectivity index (χ1) is 8.15. The zero-order valence-electron chi connectivity index (χ0n) is 10.1. The summed E-state index contributed by atoms with van der Waals surface area (Å²) in [5.41, 5.74) is 0.965. The Balaban J connectivity index is 1.75. The van der Waals surface area contributed by atoms with Gasteiger partial charge < -0.3 is 0 Å². The van der Waals surface area contributed by atoms with Crippen molar-refractivity contribution in [3.05, 3.63) is 11.9 Å². The van der Waals surface area contributed by atoms with Crippen LogP contribution in [0.25, 0.3) is 0 Å². The molecule has 0 aliphatic heterocycles. The summed E-state index contributed by atoms with van der Waals surface area (Å²) in [7, 11) is 1.84. The average Bonchev–Trinajstić information content (AvgIpc) is 2.68. The Labute approximate surface area is 100 Å². The van der Waals surface area contributed by atoms with E-state index in [9.17, 15) is 9.59 Å². The lowest BCUT2D eigenvalue weighted by Crippen LogP contribution is -2.24. The van der Waals surface area contributed by atoms with Crippen molar-refractivity contribution in [2.75, 3.05) is 0 Å². The summed E-state index contributed by atoms with van der Waals surface area (Å²) in [4.78, 5) is 22.7. The van der Waals surface area contributed by atoms with Gasteiger partial charge in [0.15, 0.2) is 0 Å². The second kappa shape index (κ2) is 5.21. The van der Waals surface area contributed by atoms with Crippen LogP contribution in [0.1, 0.15) is 37.8 Å². The molecule has 0 spiro atoms. The van der Waals surface area contributed by atoms with E-state index < -0.39 is 0 Å². The summed E-state index contributed by atoms with van der Waals surface area (Å²) >= 11 is 0. The van der Waals surface area contributed by atoms with Crippen molar-refractivity contribution in [2.45, 2.75) is 38.5 Å². The lowest BCUT2D eigenvalue weighted by atomic mass is 9.84. The molecule has 17 heavy (non-hydrogen) atoms. The molecule has 0 amide bonds. The van der Waals surface area contributed by atoms with Crippen molar-refractivity contribution in [1.82, 2.24) is 15.0 Å². The number of rotatable bonds is 4. The summed E-state index contributed by atoms with van der Waals surface area (Å²) in [6.45, 7) is 0. The van der Waals surface area contributed by atoms with Gasteiger partial charge in [-0.2, -0.15) is 0 Å². The van der Waals surface area contributed by atoms with Crippen LogP contribution in [-0.4, -0.2) is 26.6 Å². The SMILES string of the molecule is Cn1cc(CCCC2CCC(=O)CC2=O)nn1. The summed E-state index contributed by atoms with van der Waals surface area (Å²) in [6, 6.07) is 0. The lowest BCUT2D eigenvalue weighted by Gasteiger charge is -2.19. The van der Waals surface area contributed by atoms with Crippen LogP contribution in [0.2, 0.25) is 0 Å². The maximum Gasteiger partial charge on any atom is 0.143 e. The first kappa shape index (κ1) is 12.0. The van der Waals surface area contributed by atoms with Gasteiger partial charge in [0.1, 0.15) is 11.6 Å². The molecule has 1 aliphatic carbocycles. The van der Waals surface area contributed by atoms with Gasteiger partial charge in [0.05, 0.1) is 12.1 Å². The quantitative estimate of drug-likeness (QED) is 0.732. The minimum Gasteiger partial charge on any atom is -0.299 e. The highest BCUT2D eigenvalue weighted by Crippen LogP contribution is 2.23. The molecule has 1 aliphatic rings. The zero-order valence-corrected chi connectivity index (χ0v) is 10.1. The van der Waals surface area contributed by atoms with E-state index in [-0.39, 0.29) is 23.9 Å². The Kier molecular flexibility index (Phi) is 3.66. The third-order valence-corrected chi connectivity index (χ3v) is 3.23. The van der Waals surface area contributed by atoms with Crippen molar-refractivity contribution in [3.63, 3.8) is 0 Å². The second-order valence-corrected chi connectivity index (χ2v) is 4.69. The number of Topliss-reactive ketones (excluding diaryl/α,β-unsaturated/α-hetero) is 2. The normalized spacial score (nSPS) is 20.9. The van der Waals surface area contributed by atoms with E-state index in [1.807, 2.05) is 13.2 Å². The summed E-state index contributed by atoms with van der Waals surface area (Å²) in [6.07, 6.45) is 6.00. The lowest BCUT2D eigenvalue weighted by molar-refractivity contribution is -0.132. The van der Waals surface area contributed by atoms with Crippen molar-refractivity contribution in [2.24, 2.45) is 13.0 Å². The molecular weight excluding hydrogens is 218 g/mol. The molecule has 5 nitrogen and oxygen atoms in total. The Bertz CT molecular complexity index is 425. The fourth-order valence-corrected chi connectivity index (χ4v) is 2.27. The van der Waals surface area contributed by atoms with Crippen molar-refractivity contribution >= 4 is 11.6 Å². The smallest absolute Gasteiger partial charge is 0.143 e. The monoisotopic (exact) mass is 235 g/mol. The van der Waals surface area contributed by atoms with Gasteiger partial charge in [0.2, 0.25) is 0 Å². The van der Waals surface area contributed by atoms with Crippen LogP contribution in [0, 0.1) is 5.92 Å². The molecule has 5 heteroatoms. The van der Waals surface area contributed by atoms with Gasteiger partial charge in [-0.15, -0.1) is 5.10 Å². The summed E-state index contributed by atoms with van der Waals surface area (Å²) < 4.78 is 1.68. The molecular formula is C12H17N3O2. The van der Waals surface area contributed by atoms with Gasteiger partial charge in [-0.25, -0.2) is 0 Å². The van der Waals surface area contributed by atoms with E-state index in [1.165, 1.54) is 0 Å². The van der Waals surface area contributed by atoms with E-state index in [0.717, 1.165) is 31.4 Å². The number of carbonyl (C=O) groups excluding carboxylic acids is 2. The second-order valence-electron chi connectivity index (χ2n) is 4.69. The van der Waals surface area contributed by atoms with E-state index in [4.69, 9.17) is 0 Å². The molecule has 0 aromatic carbocycles. The Morgan fingerprint density at radius 1 is 1.47 bits per heavy atom. The predicted octanol–water partition coefficient (Wildman–Crippen LogP) is 1.08. The molecule has 0 bridgehead atoms. The Morgan fingerprint density at radius 3 is 2.94 bits per heavy atom. The maximum atomic E-state index is 11.6. The molecule has 0 N–H and O–H groups in total. The topological polar surface area (TPSA) is 64.8 Å². The number of carbonyl (C=O) groups is 2. The molecule has 2 rings (SSSR count). The molecule has 1 heterocycles. The number of ketones is 2. The number of hydrogen-bond donors (Lipinski definition) is 0. The molecule has 0 saturated heterocycles. The van der Waals surface area contributed by atoms with Gasteiger partial charge >= 0.3 is 0 Å². The van der Waals surface area contributed by atoms with Crippen molar-refractivity contribution in [3.8, 4) is 0 Å². The van der Waals surface area contributed by atoms with Crippen LogP contribution in [0.3, 0.4) is 0 Å². The van der Waals surface area contributed by atoms with Crippen molar-refractivity contribution in [1.29, 1.82) is 0 Å².